The molecule has 6 nitrogen and oxygen atoms in total. The van der Waals surface area contributed by atoms with Crippen molar-refractivity contribution >= 4 is 11.6 Å². The molecule has 1 aromatic carbocycles. The molecular formula is C20H28N4O2. The molecule has 0 N–H and O–H groups in total. The number of methoxy groups -OCH3 is 1. The van der Waals surface area contributed by atoms with E-state index in [2.05, 4.69) is 34.4 Å². The zero-order chi connectivity index (χ0) is 18.5. The summed E-state index contributed by atoms with van der Waals surface area (Å²) < 4.78 is 7.56. The summed E-state index contributed by atoms with van der Waals surface area (Å²) in [5.41, 5.74) is 1.10. The molecule has 1 aromatic heterocycles. The van der Waals surface area contributed by atoms with Gasteiger partial charge in [0.1, 0.15) is 11.6 Å². The minimum absolute atomic E-state index is 0.176. The van der Waals surface area contributed by atoms with Gasteiger partial charge in [-0.3, -0.25) is 4.79 Å². The predicted octanol–water partition coefficient (Wildman–Crippen LogP) is 2.58. The summed E-state index contributed by atoms with van der Waals surface area (Å²) in [6, 6.07) is 8.24. The lowest BCUT2D eigenvalue weighted by Crippen LogP contribution is -2.54. The van der Waals surface area contributed by atoms with Crippen molar-refractivity contribution in [1.29, 1.82) is 0 Å². The van der Waals surface area contributed by atoms with E-state index >= 15 is 0 Å². The number of piperazine rings is 1. The van der Waals surface area contributed by atoms with Gasteiger partial charge in [-0.25, -0.2) is 4.98 Å². The van der Waals surface area contributed by atoms with Gasteiger partial charge in [0, 0.05) is 57.5 Å². The van der Waals surface area contributed by atoms with E-state index in [-0.39, 0.29) is 11.9 Å². The first-order valence-corrected chi connectivity index (χ1v) is 9.31. The second-order valence-corrected chi connectivity index (χ2v) is 6.69. The van der Waals surface area contributed by atoms with Crippen molar-refractivity contribution in [3.8, 4) is 5.75 Å². The van der Waals surface area contributed by atoms with Gasteiger partial charge in [-0.2, -0.15) is 0 Å². The van der Waals surface area contributed by atoms with Crippen LogP contribution in [0.4, 0.5) is 5.69 Å². The number of aromatic nitrogens is 2. The number of hydrogen-bond donors (Lipinski definition) is 0. The van der Waals surface area contributed by atoms with E-state index in [0.29, 0.717) is 13.0 Å². The van der Waals surface area contributed by atoms with Gasteiger partial charge < -0.3 is 19.1 Å². The highest BCUT2D eigenvalue weighted by Crippen LogP contribution is 2.29. The van der Waals surface area contributed by atoms with E-state index in [1.807, 2.05) is 29.3 Å². The standard InChI is InChI=1S/C20H28N4O2/c1-4-19-21-10-12-22(19)11-9-20(25)24-14-13-23(15-16(24)2)17-7-5-6-8-18(17)26-3/h5-8,10,12,16H,4,9,11,13-15H2,1-3H3. The quantitative estimate of drug-likeness (QED) is 0.798. The van der Waals surface area contributed by atoms with Gasteiger partial charge in [-0.05, 0) is 19.1 Å². The smallest absolute Gasteiger partial charge is 0.224 e. The maximum Gasteiger partial charge on any atom is 0.224 e. The summed E-state index contributed by atoms with van der Waals surface area (Å²) in [5.74, 6) is 2.13. The van der Waals surface area contributed by atoms with E-state index in [1.165, 1.54) is 0 Å². The topological polar surface area (TPSA) is 50.6 Å². The SMILES string of the molecule is CCc1nccn1CCC(=O)N1CCN(c2ccccc2OC)CC1C. The molecule has 2 aromatic rings. The molecule has 0 spiro atoms. The third-order valence-corrected chi connectivity index (χ3v) is 5.06. The summed E-state index contributed by atoms with van der Waals surface area (Å²) >= 11 is 0. The predicted molar refractivity (Wildman–Crippen MR) is 103 cm³/mol. The minimum Gasteiger partial charge on any atom is -0.495 e. The highest BCUT2D eigenvalue weighted by molar-refractivity contribution is 5.77. The van der Waals surface area contributed by atoms with Gasteiger partial charge in [0.05, 0.1) is 12.8 Å². The van der Waals surface area contributed by atoms with Crippen LogP contribution in [0.15, 0.2) is 36.7 Å². The second kappa shape index (κ2) is 8.25. The molecule has 1 fully saturated rings. The summed E-state index contributed by atoms with van der Waals surface area (Å²) in [6.45, 7) is 7.27. The van der Waals surface area contributed by atoms with E-state index in [9.17, 15) is 4.79 Å². The zero-order valence-corrected chi connectivity index (χ0v) is 15.9. The third-order valence-electron chi connectivity index (χ3n) is 5.06. The van der Waals surface area contributed by atoms with Gasteiger partial charge in [-0.1, -0.05) is 19.1 Å². The third kappa shape index (κ3) is 3.84. The van der Waals surface area contributed by atoms with Crippen molar-refractivity contribution in [2.75, 3.05) is 31.6 Å². The first-order chi connectivity index (χ1) is 12.6. The molecule has 1 aliphatic rings. The van der Waals surface area contributed by atoms with Crippen LogP contribution in [-0.4, -0.2) is 53.1 Å². The van der Waals surface area contributed by atoms with Crippen molar-refractivity contribution in [3.05, 3.63) is 42.5 Å². The Labute approximate surface area is 155 Å². The molecule has 26 heavy (non-hydrogen) atoms. The van der Waals surface area contributed by atoms with Crippen molar-refractivity contribution in [1.82, 2.24) is 14.5 Å². The first kappa shape index (κ1) is 18.3. The van der Waals surface area contributed by atoms with Crippen LogP contribution in [-0.2, 0) is 17.8 Å². The number of nitrogens with zero attached hydrogens (tertiary/aromatic N) is 4. The number of imidazole rings is 1. The second-order valence-electron chi connectivity index (χ2n) is 6.69. The number of aryl methyl sites for hydroxylation is 2. The number of anilines is 1. The Kier molecular flexibility index (Phi) is 5.81. The summed E-state index contributed by atoms with van der Waals surface area (Å²) in [5, 5.41) is 0. The van der Waals surface area contributed by atoms with Crippen LogP contribution in [0.1, 0.15) is 26.1 Å². The monoisotopic (exact) mass is 356 g/mol. The molecule has 0 bridgehead atoms. The Hall–Kier alpha value is -2.50. The van der Waals surface area contributed by atoms with Crippen LogP contribution in [0, 0.1) is 0 Å². The van der Waals surface area contributed by atoms with Crippen molar-refractivity contribution in [3.63, 3.8) is 0 Å². The molecule has 1 aliphatic heterocycles. The van der Waals surface area contributed by atoms with Crippen molar-refractivity contribution < 1.29 is 9.53 Å². The molecule has 1 atom stereocenters. The normalized spacial score (nSPS) is 17.4. The lowest BCUT2D eigenvalue weighted by atomic mass is 10.1. The van der Waals surface area contributed by atoms with E-state index in [4.69, 9.17) is 4.74 Å². The molecule has 1 unspecified atom stereocenters. The Balaban J connectivity index is 1.59. The maximum atomic E-state index is 12.7. The maximum absolute atomic E-state index is 12.7. The number of ether oxygens (including phenoxy) is 1. The number of benzene rings is 1. The van der Waals surface area contributed by atoms with Gasteiger partial charge in [-0.15, -0.1) is 0 Å². The lowest BCUT2D eigenvalue weighted by Gasteiger charge is -2.41. The number of carbonyl (C=O) groups excluding carboxylic acids is 1. The highest BCUT2D eigenvalue weighted by Gasteiger charge is 2.28. The molecule has 0 aliphatic carbocycles. The van der Waals surface area contributed by atoms with Crippen LogP contribution in [0.5, 0.6) is 5.75 Å². The fraction of sp³-hybridized carbons (Fsp3) is 0.500. The summed E-state index contributed by atoms with van der Waals surface area (Å²) in [6.07, 6.45) is 5.16. The molecule has 0 saturated carbocycles. The molecule has 140 valence electrons. The Bertz CT molecular complexity index is 743. The molecule has 1 saturated heterocycles. The average molecular weight is 356 g/mol. The fourth-order valence-corrected chi connectivity index (χ4v) is 3.66. The van der Waals surface area contributed by atoms with E-state index in [0.717, 1.165) is 43.3 Å². The fourth-order valence-electron chi connectivity index (χ4n) is 3.66. The van der Waals surface area contributed by atoms with E-state index < -0.39 is 0 Å². The number of para-hydroxylation sites is 2. The number of hydrogen-bond acceptors (Lipinski definition) is 4. The van der Waals surface area contributed by atoms with Gasteiger partial charge >= 0.3 is 0 Å². The van der Waals surface area contributed by atoms with Crippen LogP contribution < -0.4 is 9.64 Å². The van der Waals surface area contributed by atoms with Crippen LogP contribution in [0.3, 0.4) is 0 Å². The highest BCUT2D eigenvalue weighted by atomic mass is 16.5. The minimum atomic E-state index is 0.176. The number of carbonyl (C=O) groups is 1. The van der Waals surface area contributed by atoms with Crippen LogP contribution in [0.2, 0.25) is 0 Å². The summed E-state index contributed by atoms with van der Waals surface area (Å²) in [4.78, 5) is 21.4. The first-order valence-electron chi connectivity index (χ1n) is 9.31. The average Bonchev–Trinajstić information content (AvgIpc) is 3.13. The lowest BCUT2D eigenvalue weighted by molar-refractivity contribution is -0.133. The van der Waals surface area contributed by atoms with Crippen molar-refractivity contribution in [2.45, 2.75) is 39.3 Å². The van der Waals surface area contributed by atoms with E-state index in [1.54, 1.807) is 13.3 Å². The molecule has 1 amide bonds. The van der Waals surface area contributed by atoms with Gasteiger partial charge in [0.15, 0.2) is 0 Å². The van der Waals surface area contributed by atoms with Crippen molar-refractivity contribution in [2.24, 2.45) is 0 Å². The van der Waals surface area contributed by atoms with Crippen LogP contribution >= 0.6 is 0 Å². The Morgan fingerprint density at radius 2 is 2.12 bits per heavy atom. The van der Waals surface area contributed by atoms with Gasteiger partial charge in [0.2, 0.25) is 5.91 Å². The Morgan fingerprint density at radius 3 is 2.85 bits per heavy atom. The number of rotatable bonds is 6. The van der Waals surface area contributed by atoms with Crippen LogP contribution in [0.25, 0.3) is 0 Å². The molecule has 2 heterocycles. The molecule has 3 rings (SSSR count). The van der Waals surface area contributed by atoms with Gasteiger partial charge in [0.25, 0.3) is 0 Å². The molecular weight excluding hydrogens is 328 g/mol. The zero-order valence-electron chi connectivity index (χ0n) is 15.9. The Morgan fingerprint density at radius 1 is 1.31 bits per heavy atom. The molecule has 0 radical (unpaired) electrons. The number of amides is 1. The molecule has 6 heteroatoms. The largest absolute Gasteiger partial charge is 0.495 e. The summed E-state index contributed by atoms with van der Waals surface area (Å²) in [7, 11) is 1.70.